The lowest BCUT2D eigenvalue weighted by Gasteiger charge is -2.29. The number of carbonyl (C=O) groups is 1. The van der Waals surface area contributed by atoms with Crippen LogP contribution in [0.15, 0.2) is 70.4 Å². The molecular weight excluding hydrogens is 498 g/mol. The lowest BCUT2D eigenvalue weighted by atomic mass is 9.98. The summed E-state index contributed by atoms with van der Waals surface area (Å²) in [5.74, 6) is 0.0173. The van der Waals surface area contributed by atoms with Crippen molar-refractivity contribution < 1.29 is 13.9 Å². The largest absolute Gasteiger partial charge is 0.454 e. The number of benzene rings is 3. The Balaban J connectivity index is 1.41. The summed E-state index contributed by atoms with van der Waals surface area (Å²) in [5, 5.41) is 4.01. The van der Waals surface area contributed by atoms with Crippen LogP contribution < -0.4 is 20.9 Å². The molecule has 0 bridgehead atoms. The smallest absolute Gasteiger partial charge is 0.349 e. The number of aromatic amines is 1. The first kappa shape index (κ1) is 22.8. The van der Waals surface area contributed by atoms with E-state index >= 15 is 0 Å². The zero-order chi connectivity index (χ0) is 24.7. The molecule has 0 saturated heterocycles. The molecule has 8 nitrogen and oxygen atoms in total. The Kier molecular flexibility index (Phi) is 5.88. The highest BCUT2D eigenvalue weighted by atomic mass is 35.5. The van der Waals surface area contributed by atoms with Gasteiger partial charge in [0.25, 0.3) is 11.5 Å². The van der Waals surface area contributed by atoms with Crippen LogP contribution in [0.3, 0.4) is 0 Å². The second-order valence-corrected chi connectivity index (χ2v) is 8.51. The van der Waals surface area contributed by atoms with Crippen LogP contribution in [0, 0.1) is 5.82 Å². The molecule has 4 aromatic rings. The SMILES string of the molecule is O=C1c2ccc(Oc3c(Cl)cc(-n4ncc(=O)[nH]c4=O)cc3Cl)cc2CCN1c1ccc(F)cc1. The first-order chi connectivity index (χ1) is 16.8. The average molecular weight is 513 g/mol. The summed E-state index contributed by atoms with van der Waals surface area (Å²) in [4.78, 5) is 40.0. The van der Waals surface area contributed by atoms with Gasteiger partial charge in [0.2, 0.25) is 0 Å². The highest BCUT2D eigenvalue weighted by Crippen LogP contribution is 2.39. The van der Waals surface area contributed by atoms with E-state index in [0.717, 1.165) is 16.4 Å². The lowest BCUT2D eigenvalue weighted by molar-refractivity contribution is 0.0980. The fourth-order valence-corrected chi connectivity index (χ4v) is 4.37. The first-order valence-electron chi connectivity index (χ1n) is 10.4. The van der Waals surface area contributed by atoms with Gasteiger partial charge in [-0.3, -0.25) is 14.6 Å². The highest BCUT2D eigenvalue weighted by molar-refractivity contribution is 6.37. The molecule has 176 valence electrons. The normalized spacial score (nSPS) is 13.0. The van der Waals surface area contributed by atoms with Crippen LogP contribution >= 0.6 is 23.2 Å². The van der Waals surface area contributed by atoms with Crippen molar-refractivity contribution in [2.24, 2.45) is 0 Å². The molecule has 1 aliphatic rings. The first-order valence-corrected chi connectivity index (χ1v) is 11.1. The number of hydrogen-bond donors (Lipinski definition) is 1. The second kappa shape index (κ2) is 9.01. The number of nitrogens with one attached hydrogen (secondary N) is 1. The van der Waals surface area contributed by atoms with E-state index in [4.69, 9.17) is 27.9 Å². The van der Waals surface area contributed by atoms with E-state index in [0.29, 0.717) is 30.0 Å². The lowest BCUT2D eigenvalue weighted by Crippen LogP contribution is -2.37. The standard InChI is InChI=1S/C24H15Cl2FN4O4/c25-19-10-16(31-24(34)29-21(32)12-28-31)11-20(26)22(19)35-17-5-6-18-13(9-17)7-8-30(23(18)33)15-3-1-14(27)2-4-15/h1-6,9-12H,7-8H2,(H,29,32,34). The fourth-order valence-electron chi connectivity index (χ4n) is 3.82. The van der Waals surface area contributed by atoms with E-state index in [1.807, 2.05) is 0 Å². The van der Waals surface area contributed by atoms with Crippen LogP contribution in [0.2, 0.25) is 10.0 Å². The van der Waals surface area contributed by atoms with Crippen LogP contribution in [0.1, 0.15) is 15.9 Å². The Morgan fingerprint density at radius 3 is 2.34 bits per heavy atom. The highest BCUT2D eigenvalue weighted by Gasteiger charge is 2.26. The molecule has 2 heterocycles. The molecule has 1 N–H and O–H groups in total. The molecule has 1 aliphatic heterocycles. The van der Waals surface area contributed by atoms with E-state index in [9.17, 15) is 18.8 Å². The summed E-state index contributed by atoms with van der Waals surface area (Å²) in [5.41, 5.74) is 0.799. The van der Waals surface area contributed by atoms with Crippen molar-refractivity contribution in [1.29, 1.82) is 0 Å². The molecule has 1 amide bonds. The minimum Gasteiger partial charge on any atom is -0.454 e. The van der Waals surface area contributed by atoms with Gasteiger partial charge in [-0.1, -0.05) is 23.2 Å². The Morgan fingerprint density at radius 1 is 0.943 bits per heavy atom. The monoisotopic (exact) mass is 512 g/mol. The molecule has 11 heteroatoms. The number of fused-ring (bicyclic) bond motifs is 1. The summed E-state index contributed by atoms with van der Waals surface area (Å²) in [7, 11) is 0. The van der Waals surface area contributed by atoms with Gasteiger partial charge >= 0.3 is 5.69 Å². The summed E-state index contributed by atoms with van der Waals surface area (Å²) >= 11 is 12.7. The molecule has 0 unspecified atom stereocenters. The van der Waals surface area contributed by atoms with Gasteiger partial charge in [0.05, 0.1) is 15.7 Å². The summed E-state index contributed by atoms with van der Waals surface area (Å²) in [6.45, 7) is 0.429. The van der Waals surface area contributed by atoms with Gasteiger partial charge in [0.1, 0.15) is 17.8 Å². The molecule has 1 aromatic heterocycles. The van der Waals surface area contributed by atoms with Crippen LogP contribution in [-0.2, 0) is 6.42 Å². The molecule has 3 aromatic carbocycles. The average Bonchev–Trinajstić information content (AvgIpc) is 2.82. The van der Waals surface area contributed by atoms with E-state index in [1.54, 1.807) is 35.2 Å². The number of H-pyrrole nitrogens is 1. The molecule has 0 radical (unpaired) electrons. The van der Waals surface area contributed by atoms with Crippen molar-refractivity contribution in [3.05, 3.63) is 109 Å². The van der Waals surface area contributed by atoms with Gasteiger partial charge in [0, 0.05) is 17.8 Å². The van der Waals surface area contributed by atoms with Crippen LogP contribution in [0.4, 0.5) is 10.1 Å². The third kappa shape index (κ3) is 4.43. The third-order valence-electron chi connectivity index (χ3n) is 5.46. The summed E-state index contributed by atoms with van der Waals surface area (Å²) in [6, 6.07) is 13.6. The minimum absolute atomic E-state index is 0.115. The number of aromatic nitrogens is 3. The van der Waals surface area contributed by atoms with Crippen LogP contribution in [0.5, 0.6) is 11.5 Å². The predicted octanol–water partition coefficient (Wildman–Crippen LogP) is 4.36. The number of amides is 1. The Labute approximate surface area is 207 Å². The number of anilines is 1. The molecule has 0 atom stereocenters. The van der Waals surface area contributed by atoms with E-state index in [-0.39, 0.29) is 33.2 Å². The maximum absolute atomic E-state index is 13.2. The van der Waals surface area contributed by atoms with Crippen molar-refractivity contribution in [1.82, 2.24) is 14.8 Å². The quantitative estimate of drug-likeness (QED) is 0.438. The molecule has 0 saturated carbocycles. The maximum Gasteiger partial charge on any atom is 0.349 e. The topological polar surface area (TPSA) is 97.3 Å². The maximum atomic E-state index is 13.2. The molecule has 0 fully saturated rings. The number of ether oxygens (including phenoxy) is 1. The molecule has 5 rings (SSSR count). The Hall–Kier alpha value is -3.95. The van der Waals surface area contributed by atoms with E-state index in [2.05, 4.69) is 10.1 Å². The van der Waals surface area contributed by atoms with Gasteiger partial charge in [0.15, 0.2) is 5.75 Å². The van der Waals surface area contributed by atoms with Crippen molar-refractivity contribution in [2.45, 2.75) is 6.42 Å². The van der Waals surface area contributed by atoms with Gasteiger partial charge in [-0.15, -0.1) is 0 Å². The summed E-state index contributed by atoms with van der Waals surface area (Å²) in [6.07, 6.45) is 1.52. The minimum atomic E-state index is -0.743. The van der Waals surface area contributed by atoms with Crippen molar-refractivity contribution in [2.75, 3.05) is 11.4 Å². The number of halogens is 3. The third-order valence-corrected chi connectivity index (χ3v) is 6.02. The second-order valence-electron chi connectivity index (χ2n) is 7.69. The number of hydrogen-bond acceptors (Lipinski definition) is 5. The molecule has 35 heavy (non-hydrogen) atoms. The number of carbonyl (C=O) groups excluding carboxylic acids is 1. The van der Waals surface area contributed by atoms with E-state index < -0.39 is 11.2 Å². The van der Waals surface area contributed by atoms with Crippen molar-refractivity contribution in [3.63, 3.8) is 0 Å². The molecular formula is C24H15Cl2FN4O4. The summed E-state index contributed by atoms with van der Waals surface area (Å²) < 4.78 is 20.1. The van der Waals surface area contributed by atoms with Gasteiger partial charge in [-0.25, -0.2) is 9.18 Å². The van der Waals surface area contributed by atoms with E-state index in [1.165, 1.54) is 24.3 Å². The van der Waals surface area contributed by atoms with Crippen LogP contribution in [0.25, 0.3) is 5.69 Å². The predicted molar refractivity (Wildman–Crippen MR) is 129 cm³/mol. The van der Waals surface area contributed by atoms with Gasteiger partial charge in [-0.05, 0) is 66.6 Å². The van der Waals surface area contributed by atoms with Crippen LogP contribution in [-0.4, -0.2) is 27.2 Å². The molecule has 0 spiro atoms. The van der Waals surface area contributed by atoms with Gasteiger partial charge < -0.3 is 9.64 Å². The number of nitrogens with zero attached hydrogens (tertiary/aromatic N) is 3. The van der Waals surface area contributed by atoms with Crippen molar-refractivity contribution >= 4 is 34.8 Å². The Bertz CT molecular complexity index is 1560. The zero-order valence-corrected chi connectivity index (χ0v) is 19.3. The fraction of sp³-hybridized carbons (Fsp3) is 0.0833. The zero-order valence-electron chi connectivity index (χ0n) is 17.8. The van der Waals surface area contributed by atoms with Crippen molar-refractivity contribution in [3.8, 4) is 17.2 Å². The Morgan fingerprint density at radius 2 is 1.66 bits per heavy atom. The molecule has 0 aliphatic carbocycles. The van der Waals surface area contributed by atoms with Gasteiger partial charge in [-0.2, -0.15) is 9.78 Å². The number of rotatable bonds is 4.